The number of benzene rings is 1. The molecule has 1 aromatic carbocycles. The molecule has 5 heteroatoms. The van der Waals surface area contributed by atoms with Crippen molar-refractivity contribution in [3.63, 3.8) is 0 Å². The number of amides is 1. The van der Waals surface area contributed by atoms with Crippen LogP contribution in [0.1, 0.15) is 59.6 Å². The summed E-state index contributed by atoms with van der Waals surface area (Å²) in [5, 5.41) is 13.4. The number of rotatable bonds is 5. The van der Waals surface area contributed by atoms with E-state index in [2.05, 4.69) is 5.32 Å². The first-order chi connectivity index (χ1) is 10.4. The number of hydrogen-bond acceptors (Lipinski definition) is 4. The van der Waals surface area contributed by atoms with Crippen molar-refractivity contribution < 1.29 is 19.4 Å². The highest BCUT2D eigenvalue weighted by Crippen LogP contribution is 2.39. The number of carbonyl (C=O) groups is 2. The second kappa shape index (κ2) is 7.13. The van der Waals surface area contributed by atoms with E-state index >= 15 is 0 Å². The molecule has 1 unspecified atom stereocenters. The SMILES string of the molecule is CC(=O)Nc1ccccc1C(O)C(C)(C)CC(=O)OC(C)(C)C. The predicted octanol–water partition coefficient (Wildman–Crippen LogP) is 3.44. The number of para-hydroxylation sites is 1. The van der Waals surface area contributed by atoms with Crippen molar-refractivity contribution in [2.45, 2.75) is 59.7 Å². The molecule has 0 aromatic heterocycles. The Morgan fingerprint density at radius 3 is 2.26 bits per heavy atom. The smallest absolute Gasteiger partial charge is 0.306 e. The fourth-order valence-electron chi connectivity index (χ4n) is 2.31. The summed E-state index contributed by atoms with van der Waals surface area (Å²) in [4.78, 5) is 23.4. The van der Waals surface area contributed by atoms with E-state index < -0.39 is 17.1 Å². The molecule has 0 bridgehead atoms. The lowest BCUT2D eigenvalue weighted by Crippen LogP contribution is -2.31. The topological polar surface area (TPSA) is 75.6 Å². The van der Waals surface area contributed by atoms with Crippen LogP contribution in [0.5, 0.6) is 0 Å². The van der Waals surface area contributed by atoms with Crippen LogP contribution < -0.4 is 5.32 Å². The fraction of sp³-hybridized carbons (Fsp3) is 0.556. The van der Waals surface area contributed by atoms with Crippen molar-refractivity contribution in [1.29, 1.82) is 0 Å². The van der Waals surface area contributed by atoms with Crippen LogP contribution in [-0.2, 0) is 14.3 Å². The van der Waals surface area contributed by atoms with Gasteiger partial charge in [0.15, 0.2) is 0 Å². The molecule has 0 heterocycles. The Bertz CT molecular complexity index is 573. The van der Waals surface area contributed by atoms with Gasteiger partial charge < -0.3 is 15.2 Å². The Kier molecular flexibility index (Phi) is 5.94. The number of nitrogens with one attached hydrogen (secondary N) is 1. The Labute approximate surface area is 138 Å². The van der Waals surface area contributed by atoms with Gasteiger partial charge in [0.25, 0.3) is 0 Å². The first kappa shape index (κ1) is 19.2. The Balaban J connectivity index is 2.96. The second-order valence-corrected chi connectivity index (χ2v) is 7.42. The number of aliphatic hydroxyl groups excluding tert-OH is 1. The maximum atomic E-state index is 12.1. The molecule has 0 spiro atoms. The van der Waals surface area contributed by atoms with Crippen molar-refractivity contribution in [3.8, 4) is 0 Å². The molecule has 1 rings (SSSR count). The Hall–Kier alpha value is -1.88. The zero-order chi connectivity index (χ0) is 17.8. The summed E-state index contributed by atoms with van der Waals surface area (Å²) in [6, 6.07) is 7.03. The highest BCUT2D eigenvalue weighted by molar-refractivity contribution is 5.89. The summed E-state index contributed by atoms with van der Waals surface area (Å²) in [7, 11) is 0. The van der Waals surface area contributed by atoms with Gasteiger partial charge in [-0.3, -0.25) is 9.59 Å². The maximum Gasteiger partial charge on any atom is 0.306 e. The second-order valence-electron chi connectivity index (χ2n) is 7.42. The van der Waals surface area contributed by atoms with Gasteiger partial charge in [-0.2, -0.15) is 0 Å². The molecule has 2 N–H and O–H groups in total. The lowest BCUT2D eigenvalue weighted by Gasteiger charge is -2.32. The van der Waals surface area contributed by atoms with Gasteiger partial charge in [-0.15, -0.1) is 0 Å². The summed E-state index contributed by atoms with van der Waals surface area (Å²) in [5.74, 6) is -0.576. The van der Waals surface area contributed by atoms with E-state index in [1.165, 1.54) is 6.92 Å². The molecule has 0 aliphatic rings. The van der Waals surface area contributed by atoms with E-state index in [4.69, 9.17) is 4.74 Å². The first-order valence-corrected chi connectivity index (χ1v) is 7.69. The van der Waals surface area contributed by atoms with Crippen molar-refractivity contribution in [1.82, 2.24) is 0 Å². The number of aliphatic hydroxyl groups is 1. The van der Waals surface area contributed by atoms with Gasteiger partial charge in [-0.1, -0.05) is 32.0 Å². The van der Waals surface area contributed by atoms with Crippen molar-refractivity contribution in [2.24, 2.45) is 5.41 Å². The van der Waals surface area contributed by atoms with Crippen molar-refractivity contribution in [2.75, 3.05) is 5.32 Å². The number of carbonyl (C=O) groups excluding carboxylic acids is 2. The summed E-state index contributed by atoms with van der Waals surface area (Å²) < 4.78 is 5.33. The van der Waals surface area contributed by atoms with Gasteiger partial charge in [0.1, 0.15) is 5.60 Å². The van der Waals surface area contributed by atoms with E-state index in [-0.39, 0.29) is 18.3 Å². The highest BCUT2D eigenvalue weighted by Gasteiger charge is 2.34. The summed E-state index contributed by atoms with van der Waals surface area (Å²) in [5.41, 5.74) is -0.177. The largest absolute Gasteiger partial charge is 0.460 e. The third kappa shape index (κ3) is 6.02. The van der Waals surface area contributed by atoms with Gasteiger partial charge >= 0.3 is 5.97 Å². The molecule has 1 aromatic rings. The third-order valence-electron chi connectivity index (χ3n) is 3.33. The van der Waals surface area contributed by atoms with Crippen LogP contribution in [0.25, 0.3) is 0 Å². The zero-order valence-electron chi connectivity index (χ0n) is 14.8. The van der Waals surface area contributed by atoms with Gasteiger partial charge in [-0.05, 0) is 26.8 Å². The molecule has 1 amide bonds. The minimum Gasteiger partial charge on any atom is -0.460 e. The predicted molar refractivity (Wildman–Crippen MR) is 89.9 cm³/mol. The van der Waals surface area contributed by atoms with Crippen LogP contribution >= 0.6 is 0 Å². The normalized spacial score (nSPS) is 13.3. The molecule has 0 saturated heterocycles. The Morgan fingerprint density at radius 2 is 1.74 bits per heavy atom. The number of hydrogen-bond donors (Lipinski definition) is 2. The zero-order valence-corrected chi connectivity index (χ0v) is 14.8. The molecular weight excluding hydrogens is 294 g/mol. The summed E-state index contributed by atoms with van der Waals surface area (Å²) in [6.07, 6.45) is -0.849. The monoisotopic (exact) mass is 321 g/mol. The molecule has 128 valence electrons. The minimum absolute atomic E-state index is 0.0693. The standard InChI is InChI=1S/C18H27NO4/c1-12(20)19-14-10-8-7-9-13(14)16(22)18(5,6)11-15(21)23-17(2,3)4/h7-10,16,22H,11H2,1-6H3,(H,19,20). The number of ether oxygens (including phenoxy) is 1. The molecule has 0 aliphatic heterocycles. The van der Waals surface area contributed by atoms with Gasteiger partial charge in [-0.25, -0.2) is 0 Å². The molecule has 1 atom stereocenters. The average molecular weight is 321 g/mol. The van der Waals surface area contributed by atoms with E-state index in [0.717, 1.165) is 0 Å². The molecule has 0 radical (unpaired) electrons. The third-order valence-corrected chi connectivity index (χ3v) is 3.33. The lowest BCUT2D eigenvalue weighted by molar-refractivity contribution is -0.159. The van der Waals surface area contributed by atoms with Gasteiger partial charge in [0.05, 0.1) is 12.5 Å². The molecule has 5 nitrogen and oxygen atoms in total. The van der Waals surface area contributed by atoms with Crippen LogP contribution in [0.2, 0.25) is 0 Å². The summed E-state index contributed by atoms with van der Waals surface area (Å²) in [6.45, 7) is 10.4. The van der Waals surface area contributed by atoms with Crippen molar-refractivity contribution in [3.05, 3.63) is 29.8 Å². The maximum absolute atomic E-state index is 12.1. The molecule has 0 saturated carbocycles. The summed E-state index contributed by atoms with van der Waals surface area (Å²) >= 11 is 0. The lowest BCUT2D eigenvalue weighted by atomic mass is 9.79. The average Bonchev–Trinajstić information content (AvgIpc) is 2.34. The van der Waals surface area contributed by atoms with Gasteiger partial charge in [0, 0.05) is 23.6 Å². The fourth-order valence-corrected chi connectivity index (χ4v) is 2.31. The molecule has 0 aliphatic carbocycles. The number of anilines is 1. The van der Waals surface area contributed by atoms with E-state index in [9.17, 15) is 14.7 Å². The highest BCUT2D eigenvalue weighted by atomic mass is 16.6. The Morgan fingerprint density at radius 1 is 1.17 bits per heavy atom. The van der Waals surface area contributed by atoms with E-state index in [1.807, 2.05) is 0 Å². The molecule has 0 fully saturated rings. The van der Waals surface area contributed by atoms with Crippen LogP contribution in [-0.4, -0.2) is 22.6 Å². The molecular formula is C18H27NO4. The molecule has 23 heavy (non-hydrogen) atoms. The quantitative estimate of drug-likeness (QED) is 0.815. The van der Waals surface area contributed by atoms with Crippen LogP contribution in [0.4, 0.5) is 5.69 Å². The van der Waals surface area contributed by atoms with Crippen LogP contribution in [0.15, 0.2) is 24.3 Å². The minimum atomic E-state index is -0.918. The number of esters is 1. The van der Waals surface area contributed by atoms with Crippen LogP contribution in [0.3, 0.4) is 0 Å². The first-order valence-electron chi connectivity index (χ1n) is 7.69. The van der Waals surface area contributed by atoms with Crippen LogP contribution in [0, 0.1) is 5.41 Å². The van der Waals surface area contributed by atoms with Gasteiger partial charge in [0.2, 0.25) is 5.91 Å². The van der Waals surface area contributed by atoms with Crippen molar-refractivity contribution >= 4 is 17.6 Å². The van der Waals surface area contributed by atoms with E-state index in [0.29, 0.717) is 11.3 Å². The van der Waals surface area contributed by atoms with E-state index in [1.54, 1.807) is 58.9 Å².